The number of carbonyl (C=O) groups excluding carboxylic acids is 1. The van der Waals surface area contributed by atoms with E-state index < -0.39 is 0 Å². The number of aromatic nitrogens is 2. The minimum Gasteiger partial charge on any atom is -0.338 e. The minimum absolute atomic E-state index is 0.0125. The van der Waals surface area contributed by atoms with Crippen LogP contribution in [0.5, 0.6) is 0 Å². The molecule has 2 aromatic rings. The monoisotopic (exact) mass is 304 g/mol. The smallest absolute Gasteiger partial charge is 0.317 e. The van der Waals surface area contributed by atoms with Crippen molar-refractivity contribution in [2.24, 2.45) is 0 Å². The number of rotatable bonds is 6. The van der Waals surface area contributed by atoms with E-state index in [0.29, 0.717) is 6.54 Å². The number of hydrogen-bond acceptors (Lipinski definition) is 4. The summed E-state index contributed by atoms with van der Waals surface area (Å²) >= 11 is 1.60. The zero-order valence-electron chi connectivity index (χ0n) is 12.4. The first-order valence-corrected chi connectivity index (χ1v) is 8.01. The quantitative estimate of drug-likeness (QED) is 0.893. The average Bonchev–Trinajstić information content (AvgIpc) is 2.98. The number of urea groups is 1. The van der Waals surface area contributed by atoms with Gasteiger partial charge in [0, 0.05) is 37.6 Å². The normalized spacial score (nSPS) is 10.4. The van der Waals surface area contributed by atoms with E-state index in [4.69, 9.17) is 0 Å². The van der Waals surface area contributed by atoms with Gasteiger partial charge in [-0.3, -0.25) is 4.98 Å². The molecule has 5 nitrogen and oxygen atoms in total. The van der Waals surface area contributed by atoms with E-state index >= 15 is 0 Å². The van der Waals surface area contributed by atoms with Crippen molar-refractivity contribution in [1.29, 1.82) is 0 Å². The highest BCUT2D eigenvalue weighted by molar-refractivity contribution is 7.09. The summed E-state index contributed by atoms with van der Waals surface area (Å²) in [5.74, 6) is 0. The Kier molecular flexibility index (Phi) is 5.68. The van der Waals surface area contributed by atoms with Gasteiger partial charge in [-0.25, -0.2) is 9.78 Å². The molecule has 0 saturated heterocycles. The third kappa shape index (κ3) is 4.26. The molecule has 0 saturated carbocycles. The van der Waals surface area contributed by atoms with E-state index in [1.807, 2.05) is 37.4 Å². The van der Waals surface area contributed by atoms with Crippen molar-refractivity contribution < 1.29 is 4.79 Å². The summed E-state index contributed by atoms with van der Waals surface area (Å²) in [5, 5.41) is 5.93. The van der Waals surface area contributed by atoms with Gasteiger partial charge < -0.3 is 10.2 Å². The lowest BCUT2D eigenvalue weighted by Crippen LogP contribution is -2.40. The molecule has 0 atom stereocenters. The second kappa shape index (κ2) is 7.73. The van der Waals surface area contributed by atoms with Crippen molar-refractivity contribution in [3.8, 4) is 11.4 Å². The van der Waals surface area contributed by atoms with Crippen molar-refractivity contribution in [3.63, 3.8) is 0 Å². The van der Waals surface area contributed by atoms with Crippen LogP contribution >= 0.6 is 11.3 Å². The van der Waals surface area contributed by atoms with Crippen molar-refractivity contribution in [1.82, 2.24) is 20.2 Å². The van der Waals surface area contributed by atoms with E-state index in [0.717, 1.165) is 35.9 Å². The van der Waals surface area contributed by atoms with Crippen LogP contribution in [0, 0.1) is 0 Å². The third-order valence-electron chi connectivity index (χ3n) is 3.14. The molecule has 21 heavy (non-hydrogen) atoms. The first-order chi connectivity index (χ1) is 10.2. The number of nitrogens with one attached hydrogen (secondary N) is 1. The standard InChI is InChI=1S/C15H20N4OS/c1-3-19(4-2)15(20)17-10-8-14-18-13(11-21-14)12-7-5-6-9-16-12/h5-7,9,11H,3-4,8,10H2,1-2H3,(H,17,20). The van der Waals surface area contributed by atoms with Gasteiger partial charge in [-0.2, -0.15) is 0 Å². The average molecular weight is 304 g/mol. The second-order valence-electron chi connectivity index (χ2n) is 4.50. The maximum Gasteiger partial charge on any atom is 0.317 e. The lowest BCUT2D eigenvalue weighted by Gasteiger charge is -2.18. The zero-order valence-corrected chi connectivity index (χ0v) is 13.2. The van der Waals surface area contributed by atoms with Crippen molar-refractivity contribution in [3.05, 3.63) is 34.8 Å². The maximum atomic E-state index is 11.8. The van der Waals surface area contributed by atoms with Crippen LogP contribution in [-0.2, 0) is 6.42 Å². The molecule has 6 heteroatoms. The van der Waals surface area contributed by atoms with Crippen molar-refractivity contribution >= 4 is 17.4 Å². The predicted molar refractivity (Wildman–Crippen MR) is 85.4 cm³/mol. The molecule has 0 unspecified atom stereocenters. The molecular formula is C15H20N4OS. The second-order valence-corrected chi connectivity index (χ2v) is 5.44. The van der Waals surface area contributed by atoms with Crippen molar-refractivity contribution in [2.45, 2.75) is 20.3 Å². The Morgan fingerprint density at radius 1 is 1.29 bits per heavy atom. The van der Waals surface area contributed by atoms with Crippen LogP contribution in [0.2, 0.25) is 0 Å². The highest BCUT2D eigenvalue weighted by atomic mass is 32.1. The van der Waals surface area contributed by atoms with Crippen LogP contribution in [0.4, 0.5) is 4.79 Å². The number of amides is 2. The Hall–Kier alpha value is -1.95. The molecule has 0 radical (unpaired) electrons. The summed E-state index contributed by atoms with van der Waals surface area (Å²) in [6, 6.07) is 5.77. The fourth-order valence-corrected chi connectivity index (χ4v) is 2.75. The first-order valence-electron chi connectivity index (χ1n) is 7.13. The Morgan fingerprint density at radius 3 is 2.76 bits per heavy atom. The summed E-state index contributed by atoms with van der Waals surface area (Å²) < 4.78 is 0. The predicted octanol–water partition coefficient (Wildman–Crippen LogP) is 2.80. The Bertz CT molecular complexity index is 566. The largest absolute Gasteiger partial charge is 0.338 e. The molecule has 0 aliphatic carbocycles. The van der Waals surface area contributed by atoms with E-state index in [9.17, 15) is 4.79 Å². The highest BCUT2D eigenvalue weighted by Crippen LogP contribution is 2.19. The molecule has 0 bridgehead atoms. The highest BCUT2D eigenvalue weighted by Gasteiger charge is 2.09. The molecular weight excluding hydrogens is 284 g/mol. The number of thiazole rings is 1. The molecule has 1 N–H and O–H groups in total. The zero-order chi connectivity index (χ0) is 15.1. The van der Waals surface area contributed by atoms with Gasteiger partial charge >= 0.3 is 6.03 Å². The van der Waals surface area contributed by atoms with Crippen LogP contribution in [-0.4, -0.2) is 40.5 Å². The summed E-state index contributed by atoms with van der Waals surface area (Å²) in [6.07, 6.45) is 2.50. The molecule has 2 amide bonds. The van der Waals surface area contributed by atoms with Crippen LogP contribution in [0.25, 0.3) is 11.4 Å². The summed E-state index contributed by atoms with van der Waals surface area (Å²) in [7, 11) is 0. The molecule has 0 aromatic carbocycles. The van der Waals surface area contributed by atoms with Gasteiger partial charge in [-0.15, -0.1) is 11.3 Å². The molecule has 0 aliphatic rings. The summed E-state index contributed by atoms with van der Waals surface area (Å²) in [5.41, 5.74) is 1.78. The molecule has 2 rings (SSSR count). The topological polar surface area (TPSA) is 58.1 Å². The molecule has 2 heterocycles. The number of hydrogen-bond donors (Lipinski definition) is 1. The molecule has 112 valence electrons. The van der Waals surface area contributed by atoms with E-state index in [-0.39, 0.29) is 6.03 Å². The van der Waals surface area contributed by atoms with Gasteiger partial charge in [0.2, 0.25) is 0 Å². The van der Waals surface area contributed by atoms with Gasteiger partial charge in [0.05, 0.1) is 16.4 Å². The van der Waals surface area contributed by atoms with Gasteiger partial charge in [0.25, 0.3) is 0 Å². The van der Waals surface area contributed by atoms with Crippen LogP contribution in [0.15, 0.2) is 29.8 Å². The summed E-state index contributed by atoms with van der Waals surface area (Å²) in [6.45, 7) is 6.00. The van der Waals surface area contributed by atoms with Gasteiger partial charge in [0.1, 0.15) is 0 Å². The molecule has 2 aromatic heterocycles. The van der Waals surface area contributed by atoms with Crippen LogP contribution in [0.3, 0.4) is 0 Å². The van der Waals surface area contributed by atoms with Gasteiger partial charge in [-0.1, -0.05) is 6.07 Å². The van der Waals surface area contributed by atoms with E-state index in [1.165, 1.54) is 0 Å². The number of carbonyl (C=O) groups is 1. The number of pyridine rings is 1. The fraction of sp³-hybridized carbons (Fsp3) is 0.400. The number of nitrogens with zero attached hydrogens (tertiary/aromatic N) is 3. The Morgan fingerprint density at radius 2 is 2.10 bits per heavy atom. The van der Waals surface area contributed by atoms with Crippen LogP contribution < -0.4 is 5.32 Å². The maximum absolute atomic E-state index is 11.8. The fourth-order valence-electron chi connectivity index (χ4n) is 1.96. The Labute approximate surface area is 129 Å². The third-order valence-corrected chi connectivity index (χ3v) is 4.05. The lowest BCUT2D eigenvalue weighted by atomic mass is 10.3. The van der Waals surface area contributed by atoms with E-state index in [1.54, 1.807) is 22.4 Å². The van der Waals surface area contributed by atoms with Gasteiger partial charge in [-0.05, 0) is 26.0 Å². The Balaban J connectivity index is 1.85. The molecule has 0 fully saturated rings. The van der Waals surface area contributed by atoms with Crippen LogP contribution in [0.1, 0.15) is 18.9 Å². The van der Waals surface area contributed by atoms with Crippen molar-refractivity contribution in [2.75, 3.05) is 19.6 Å². The summed E-state index contributed by atoms with van der Waals surface area (Å²) in [4.78, 5) is 22.4. The van der Waals surface area contributed by atoms with E-state index in [2.05, 4.69) is 15.3 Å². The lowest BCUT2D eigenvalue weighted by molar-refractivity contribution is 0.203. The molecule has 0 aliphatic heterocycles. The van der Waals surface area contributed by atoms with Gasteiger partial charge in [0.15, 0.2) is 0 Å². The minimum atomic E-state index is -0.0125. The molecule has 0 spiro atoms. The first kappa shape index (κ1) is 15.4. The SMILES string of the molecule is CCN(CC)C(=O)NCCc1nc(-c2ccccn2)cs1.